The summed E-state index contributed by atoms with van der Waals surface area (Å²) < 4.78 is 25.0. The molecule has 2 N–H and O–H groups in total. The predicted molar refractivity (Wildman–Crippen MR) is 90.1 cm³/mol. The first kappa shape index (κ1) is 18.1. The third-order valence-corrected chi connectivity index (χ3v) is 5.24. The highest BCUT2D eigenvalue weighted by Crippen LogP contribution is 2.40. The van der Waals surface area contributed by atoms with Gasteiger partial charge in [-0.2, -0.15) is 8.78 Å². The summed E-state index contributed by atoms with van der Waals surface area (Å²) in [5.74, 6) is -2.37. The van der Waals surface area contributed by atoms with Crippen LogP contribution >= 0.6 is 11.8 Å². The number of aliphatic carboxylic acids is 1. The number of benzene rings is 1. The Morgan fingerprint density at radius 1 is 1.27 bits per heavy atom. The third kappa shape index (κ3) is 3.48. The highest BCUT2D eigenvalue weighted by molar-refractivity contribution is 8.03. The summed E-state index contributed by atoms with van der Waals surface area (Å²) >= 11 is 1.03. The molecule has 2 aliphatic heterocycles. The standard InChI is InChI=1S/C17H14F2N2O4S/c18-11(19)7-10-8-26-16-13(15(23)21(16)14(10)17(24)25)20-12(22)6-9-4-2-1-3-5-9/h1-5,7-8,13-14,16H,6H2,(H,20,22)(H,24,25)/t13?,14?,16-/m1/s1. The Bertz CT molecular complexity index is 808. The van der Waals surface area contributed by atoms with Gasteiger partial charge in [0.2, 0.25) is 11.8 Å². The minimum absolute atomic E-state index is 0.0846. The van der Waals surface area contributed by atoms with Gasteiger partial charge in [-0.25, -0.2) is 4.79 Å². The summed E-state index contributed by atoms with van der Waals surface area (Å²) in [5.41, 5.74) is 0.611. The average Bonchev–Trinajstić information content (AvgIpc) is 2.59. The Hall–Kier alpha value is -2.68. The summed E-state index contributed by atoms with van der Waals surface area (Å²) in [6.07, 6.45) is -1.51. The van der Waals surface area contributed by atoms with E-state index in [0.717, 1.165) is 22.2 Å². The van der Waals surface area contributed by atoms with Crippen molar-refractivity contribution in [1.29, 1.82) is 0 Å². The number of halogens is 2. The number of amides is 2. The highest BCUT2D eigenvalue weighted by Gasteiger charge is 2.55. The van der Waals surface area contributed by atoms with E-state index in [4.69, 9.17) is 0 Å². The number of carboxylic acids is 1. The van der Waals surface area contributed by atoms with Gasteiger partial charge in [0.25, 0.3) is 6.08 Å². The van der Waals surface area contributed by atoms with Crippen molar-refractivity contribution in [3.63, 3.8) is 0 Å². The number of nitrogens with one attached hydrogen (secondary N) is 1. The minimum Gasteiger partial charge on any atom is -0.479 e. The molecule has 1 aromatic carbocycles. The molecule has 0 spiro atoms. The predicted octanol–water partition coefficient (Wildman–Crippen LogP) is 1.75. The van der Waals surface area contributed by atoms with Crippen LogP contribution in [0.3, 0.4) is 0 Å². The van der Waals surface area contributed by atoms with Gasteiger partial charge >= 0.3 is 5.97 Å². The SMILES string of the molecule is O=C(Cc1ccccc1)NC1C(=O)N2C(C(=O)O)C(C=C(F)F)=CS[C@H]12. The van der Waals surface area contributed by atoms with Crippen molar-refractivity contribution in [1.82, 2.24) is 10.2 Å². The second kappa shape index (κ2) is 7.28. The first-order valence-electron chi connectivity index (χ1n) is 7.65. The fourth-order valence-corrected chi connectivity index (χ4v) is 4.11. The van der Waals surface area contributed by atoms with E-state index in [1.54, 1.807) is 24.3 Å². The summed E-state index contributed by atoms with van der Waals surface area (Å²) in [5, 5.41) is 12.6. The van der Waals surface area contributed by atoms with Gasteiger partial charge in [0.15, 0.2) is 6.04 Å². The molecule has 0 aromatic heterocycles. The normalized spacial score (nSPS) is 24.1. The maximum absolute atomic E-state index is 12.5. The van der Waals surface area contributed by atoms with E-state index in [9.17, 15) is 28.3 Å². The van der Waals surface area contributed by atoms with E-state index >= 15 is 0 Å². The van der Waals surface area contributed by atoms with E-state index in [-0.39, 0.29) is 17.9 Å². The molecular formula is C17H14F2N2O4S. The van der Waals surface area contributed by atoms with Crippen LogP contribution in [-0.2, 0) is 20.8 Å². The monoisotopic (exact) mass is 380 g/mol. The number of carbonyl (C=O) groups excluding carboxylic acids is 2. The Morgan fingerprint density at radius 2 is 1.96 bits per heavy atom. The number of thioether (sulfide) groups is 1. The summed E-state index contributed by atoms with van der Waals surface area (Å²) in [6, 6.07) is 6.58. The molecule has 0 bridgehead atoms. The fraction of sp³-hybridized carbons (Fsp3) is 0.235. The van der Waals surface area contributed by atoms with Gasteiger partial charge in [-0.3, -0.25) is 9.59 Å². The van der Waals surface area contributed by atoms with Crippen molar-refractivity contribution >= 4 is 29.5 Å². The van der Waals surface area contributed by atoms with Crippen molar-refractivity contribution in [3.8, 4) is 0 Å². The van der Waals surface area contributed by atoms with Gasteiger partial charge < -0.3 is 15.3 Å². The minimum atomic E-state index is -2.04. The molecule has 0 radical (unpaired) electrons. The summed E-state index contributed by atoms with van der Waals surface area (Å²) in [6.45, 7) is 0. The van der Waals surface area contributed by atoms with Crippen LogP contribution in [0.2, 0.25) is 0 Å². The number of fused-ring (bicyclic) bond motifs is 1. The Morgan fingerprint density at radius 3 is 2.58 bits per heavy atom. The Balaban J connectivity index is 1.71. The molecule has 136 valence electrons. The molecule has 6 nitrogen and oxygen atoms in total. The van der Waals surface area contributed by atoms with E-state index in [1.165, 1.54) is 5.41 Å². The number of rotatable bonds is 5. The van der Waals surface area contributed by atoms with E-state index in [0.29, 0.717) is 6.08 Å². The molecule has 1 aromatic rings. The molecule has 2 unspecified atom stereocenters. The molecule has 1 fully saturated rings. The van der Waals surface area contributed by atoms with Crippen LogP contribution in [0.4, 0.5) is 8.78 Å². The number of β-lactam (4-membered cyclic amide) rings is 1. The van der Waals surface area contributed by atoms with Crippen LogP contribution in [-0.4, -0.2) is 45.2 Å². The molecule has 0 aliphatic carbocycles. The van der Waals surface area contributed by atoms with Gasteiger partial charge in [-0.15, -0.1) is 11.8 Å². The molecule has 1 saturated heterocycles. The van der Waals surface area contributed by atoms with E-state index in [2.05, 4.69) is 5.32 Å². The number of hydrogen-bond donors (Lipinski definition) is 2. The van der Waals surface area contributed by atoms with Crippen LogP contribution in [0.25, 0.3) is 0 Å². The van der Waals surface area contributed by atoms with Crippen molar-refractivity contribution in [2.45, 2.75) is 23.9 Å². The zero-order valence-electron chi connectivity index (χ0n) is 13.3. The second-order valence-electron chi connectivity index (χ2n) is 5.77. The Labute approximate surface area is 151 Å². The quantitative estimate of drug-likeness (QED) is 0.760. The van der Waals surface area contributed by atoms with Crippen molar-refractivity contribution in [2.24, 2.45) is 0 Å². The zero-order chi connectivity index (χ0) is 18.8. The van der Waals surface area contributed by atoms with Gasteiger partial charge in [0.1, 0.15) is 11.4 Å². The lowest BCUT2D eigenvalue weighted by Crippen LogP contribution is -2.73. The van der Waals surface area contributed by atoms with Crippen molar-refractivity contribution in [3.05, 3.63) is 59.0 Å². The molecular weight excluding hydrogens is 366 g/mol. The molecule has 9 heteroatoms. The molecule has 2 aliphatic rings. The number of carbonyl (C=O) groups is 3. The topological polar surface area (TPSA) is 86.7 Å². The molecule has 0 saturated carbocycles. The number of hydrogen-bond acceptors (Lipinski definition) is 4. The lowest BCUT2D eigenvalue weighted by Gasteiger charge is -2.51. The van der Waals surface area contributed by atoms with Gasteiger partial charge in [-0.05, 0) is 16.5 Å². The Kier molecular flexibility index (Phi) is 5.08. The lowest BCUT2D eigenvalue weighted by atomic mass is 9.97. The third-order valence-electron chi connectivity index (χ3n) is 4.05. The average molecular weight is 380 g/mol. The smallest absolute Gasteiger partial charge is 0.331 e. The van der Waals surface area contributed by atoms with E-state index in [1.807, 2.05) is 6.07 Å². The highest BCUT2D eigenvalue weighted by atomic mass is 32.2. The molecule has 26 heavy (non-hydrogen) atoms. The van der Waals surface area contributed by atoms with Crippen molar-refractivity contribution in [2.75, 3.05) is 0 Å². The van der Waals surface area contributed by atoms with Crippen LogP contribution in [0.1, 0.15) is 5.56 Å². The van der Waals surface area contributed by atoms with Crippen molar-refractivity contribution < 1.29 is 28.3 Å². The van der Waals surface area contributed by atoms with E-state index < -0.39 is 35.4 Å². The first-order valence-corrected chi connectivity index (χ1v) is 8.59. The second-order valence-corrected chi connectivity index (χ2v) is 6.76. The van der Waals surface area contributed by atoms with Crippen LogP contribution in [0, 0.1) is 0 Å². The molecule has 2 amide bonds. The number of nitrogens with zero attached hydrogens (tertiary/aromatic N) is 1. The molecule has 2 heterocycles. The van der Waals surface area contributed by atoms with Gasteiger partial charge in [0.05, 0.1) is 6.42 Å². The van der Waals surface area contributed by atoms with Gasteiger partial charge in [0, 0.05) is 6.08 Å². The fourth-order valence-electron chi connectivity index (χ4n) is 2.92. The number of carboxylic acid groups (broad SMARTS) is 1. The first-order chi connectivity index (χ1) is 12.4. The van der Waals surface area contributed by atoms with Crippen LogP contribution in [0.15, 0.2) is 53.5 Å². The summed E-state index contributed by atoms with van der Waals surface area (Å²) in [4.78, 5) is 36.9. The molecule has 3 rings (SSSR count). The maximum Gasteiger partial charge on any atom is 0.331 e. The maximum atomic E-state index is 12.5. The van der Waals surface area contributed by atoms with Crippen LogP contribution < -0.4 is 5.32 Å². The lowest BCUT2D eigenvalue weighted by molar-refractivity contribution is -0.159. The molecule has 3 atom stereocenters. The summed E-state index contributed by atoms with van der Waals surface area (Å²) in [7, 11) is 0. The zero-order valence-corrected chi connectivity index (χ0v) is 14.1. The largest absolute Gasteiger partial charge is 0.479 e. The van der Waals surface area contributed by atoms with Gasteiger partial charge in [-0.1, -0.05) is 30.3 Å². The van der Waals surface area contributed by atoms with Crippen LogP contribution in [0.5, 0.6) is 0 Å².